The van der Waals surface area contributed by atoms with Crippen molar-refractivity contribution in [3.63, 3.8) is 0 Å². The topological polar surface area (TPSA) is 60.9 Å². The molecule has 0 unspecified atom stereocenters. The van der Waals surface area contributed by atoms with Crippen molar-refractivity contribution in [2.75, 3.05) is 0 Å². The zero-order chi connectivity index (χ0) is 14.8. The van der Waals surface area contributed by atoms with Gasteiger partial charge in [-0.3, -0.25) is 4.79 Å². The van der Waals surface area contributed by atoms with Gasteiger partial charge in [0.25, 0.3) is 0 Å². The van der Waals surface area contributed by atoms with E-state index in [0.29, 0.717) is 10.6 Å². The maximum atomic E-state index is 11.1. The van der Waals surface area contributed by atoms with Gasteiger partial charge in [0.2, 0.25) is 5.91 Å². The summed E-state index contributed by atoms with van der Waals surface area (Å²) in [7, 11) is 0. The zero-order valence-electron chi connectivity index (χ0n) is 11.0. The van der Waals surface area contributed by atoms with Crippen molar-refractivity contribution in [3.8, 4) is 16.9 Å². The summed E-state index contributed by atoms with van der Waals surface area (Å²) in [5, 5.41) is 0.695. The number of carbonyl (C=O) groups excluding carboxylic acids is 1. The largest absolute Gasteiger partial charge is 0.366 e. The number of nitrogens with two attached hydrogens (primary N) is 1. The van der Waals surface area contributed by atoms with Crippen LogP contribution in [-0.2, 0) is 0 Å². The highest BCUT2D eigenvalue weighted by atomic mass is 35.5. The maximum absolute atomic E-state index is 11.1. The Bertz CT molecular complexity index is 776. The lowest BCUT2D eigenvalue weighted by Gasteiger charge is -2.01. The minimum absolute atomic E-state index is 0.437. The molecular weight excluding hydrogens is 286 g/mol. The number of carbonyl (C=O) groups is 1. The summed E-state index contributed by atoms with van der Waals surface area (Å²) in [5.41, 5.74) is 8.43. The number of benzene rings is 2. The number of nitrogens with zero attached hydrogens (tertiary/aromatic N) is 2. The Labute approximate surface area is 126 Å². The molecule has 104 valence electrons. The van der Waals surface area contributed by atoms with Gasteiger partial charge in [-0.05, 0) is 36.4 Å². The molecule has 1 aromatic heterocycles. The fourth-order valence-electron chi connectivity index (χ4n) is 2.03. The van der Waals surface area contributed by atoms with Crippen molar-refractivity contribution in [1.29, 1.82) is 0 Å². The first-order chi connectivity index (χ1) is 10.1. The van der Waals surface area contributed by atoms with Crippen molar-refractivity contribution < 1.29 is 4.79 Å². The lowest BCUT2D eigenvalue weighted by Crippen LogP contribution is -2.10. The third kappa shape index (κ3) is 2.80. The molecule has 4 nitrogen and oxygen atoms in total. The van der Waals surface area contributed by atoms with Gasteiger partial charge < -0.3 is 10.3 Å². The van der Waals surface area contributed by atoms with Crippen LogP contribution in [0.25, 0.3) is 16.9 Å². The zero-order valence-corrected chi connectivity index (χ0v) is 11.8. The van der Waals surface area contributed by atoms with Crippen molar-refractivity contribution in [1.82, 2.24) is 9.55 Å². The highest BCUT2D eigenvalue weighted by molar-refractivity contribution is 6.30. The van der Waals surface area contributed by atoms with Gasteiger partial charge in [0.15, 0.2) is 0 Å². The van der Waals surface area contributed by atoms with Crippen molar-refractivity contribution in [3.05, 3.63) is 71.6 Å². The molecule has 0 aliphatic carbocycles. The Morgan fingerprint density at radius 3 is 2.33 bits per heavy atom. The SMILES string of the molecule is NC(=O)c1ccc(-c2cn(-c3ccc(Cl)cc3)cn2)cc1. The Hall–Kier alpha value is -2.59. The lowest BCUT2D eigenvalue weighted by molar-refractivity contribution is 0.100. The monoisotopic (exact) mass is 297 g/mol. The van der Waals surface area contributed by atoms with Crippen LogP contribution in [0, 0.1) is 0 Å². The van der Waals surface area contributed by atoms with E-state index in [1.807, 2.05) is 47.2 Å². The fraction of sp³-hybridized carbons (Fsp3) is 0. The Morgan fingerprint density at radius 2 is 1.71 bits per heavy atom. The average molecular weight is 298 g/mol. The van der Waals surface area contributed by atoms with Crippen LogP contribution in [0.5, 0.6) is 0 Å². The molecule has 0 saturated heterocycles. The van der Waals surface area contributed by atoms with E-state index < -0.39 is 5.91 Å². The van der Waals surface area contributed by atoms with Gasteiger partial charge in [0, 0.05) is 28.0 Å². The van der Waals surface area contributed by atoms with Crippen LogP contribution in [0.4, 0.5) is 0 Å². The minimum atomic E-state index is -0.437. The predicted molar refractivity (Wildman–Crippen MR) is 82.5 cm³/mol. The molecule has 0 radical (unpaired) electrons. The molecule has 0 bridgehead atoms. The first kappa shape index (κ1) is 13.4. The highest BCUT2D eigenvalue weighted by Gasteiger charge is 2.05. The first-order valence-corrected chi connectivity index (χ1v) is 6.71. The van der Waals surface area contributed by atoms with E-state index in [0.717, 1.165) is 16.9 Å². The molecule has 3 aromatic rings. The summed E-state index contributed by atoms with van der Waals surface area (Å²) in [6.07, 6.45) is 3.66. The maximum Gasteiger partial charge on any atom is 0.248 e. The summed E-state index contributed by atoms with van der Waals surface area (Å²) in [6, 6.07) is 14.5. The summed E-state index contributed by atoms with van der Waals surface area (Å²) >= 11 is 5.88. The molecule has 3 rings (SSSR count). The van der Waals surface area contributed by atoms with E-state index in [1.165, 1.54) is 0 Å². The lowest BCUT2D eigenvalue weighted by atomic mass is 10.1. The van der Waals surface area contributed by atoms with Crippen LogP contribution in [0.2, 0.25) is 5.02 Å². The van der Waals surface area contributed by atoms with Crippen LogP contribution in [0.15, 0.2) is 61.1 Å². The van der Waals surface area contributed by atoms with Crippen LogP contribution in [-0.4, -0.2) is 15.5 Å². The molecule has 0 fully saturated rings. The summed E-state index contributed by atoms with van der Waals surface area (Å²) < 4.78 is 1.91. The summed E-state index contributed by atoms with van der Waals surface area (Å²) in [5.74, 6) is -0.437. The molecule has 0 spiro atoms. The summed E-state index contributed by atoms with van der Waals surface area (Å²) in [4.78, 5) is 15.4. The van der Waals surface area contributed by atoms with E-state index in [4.69, 9.17) is 17.3 Å². The number of hydrogen-bond acceptors (Lipinski definition) is 2. The van der Waals surface area contributed by atoms with E-state index in [2.05, 4.69) is 4.98 Å². The van der Waals surface area contributed by atoms with Gasteiger partial charge in [-0.15, -0.1) is 0 Å². The number of halogens is 1. The van der Waals surface area contributed by atoms with E-state index >= 15 is 0 Å². The second kappa shape index (κ2) is 5.42. The fourth-order valence-corrected chi connectivity index (χ4v) is 2.16. The van der Waals surface area contributed by atoms with Gasteiger partial charge in [-0.2, -0.15) is 0 Å². The van der Waals surface area contributed by atoms with E-state index in [9.17, 15) is 4.79 Å². The number of imidazole rings is 1. The van der Waals surface area contributed by atoms with Gasteiger partial charge in [-0.1, -0.05) is 23.7 Å². The average Bonchev–Trinajstić information content (AvgIpc) is 2.98. The second-order valence-corrected chi connectivity index (χ2v) is 5.02. The Morgan fingerprint density at radius 1 is 1.05 bits per heavy atom. The normalized spacial score (nSPS) is 10.5. The smallest absolute Gasteiger partial charge is 0.248 e. The van der Waals surface area contributed by atoms with Crippen LogP contribution < -0.4 is 5.73 Å². The highest BCUT2D eigenvalue weighted by Crippen LogP contribution is 2.20. The quantitative estimate of drug-likeness (QED) is 0.806. The number of hydrogen-bond donors (Lipinski definition) is 1. The Kier molecular flexibility index (Phi) is 3.46. The van der Waals surface area contributed by atoms with E-state index in [1.54, 1.807) is 18.5 Å². The van der Waals surface area contributed by atoms with Gasteiger partial charge >= 0.3 is 0 Å². The molecular formula is C16H12ClN3O. The molecule has 0 atom stereocenters. The van der Waals surface area contributed by atoms with Gasteiger partial charge in [0.05, 0.1) is 12.0 Å². The van der Waals surface area contributed by atoms with E-state index in [-0.39, 0.29) is 0 Å². The first-order valence-electron chi connectivity index (χ1n) is 6.34. The third-order valence-corrected chi connectivity index (χ3v) is 3.42. The van der Waals surface area contributed by atoms with Crippen molar-refractivity contribution in [2.45, 2.75) is 0 Å². The number of amides is 1. The predicted octanol–water partition coefficient (Wildman–Crippen LogP) is 3.29. The standard InChI is InChI=1S/C16H12ClN3O/c17-13-5-7-14(8-6-13)20-9-15(19-10-20)11-1-3-12(4-2-11)16(18)21/h1-10H,(H2,18,21). The molecule has 2 N–H and O–H groups in total. The van der Waals surface area contributed by atoms with Gasteiger partial charge in [-0.25, -0.2) is 4.98 Å². The number of aromatic nitrogens is 2. The minimum Gasteiger partial charge on any atom is -0.366 e. The third-order valence-electron chi connectivity index (χ3n) is 3.17. The molecule has 21 heavy (non-hydrogen) atoms. The molecule has 5 heteroatoms. The molecule has 0 aliphatic rings. The van der Waals surface area contributed by atoms with Crippen molar-refractivity contribution in [2.24, 2.45) is 5.73 Å². The number of primary amides is 1. The molecule has 0 aliphatic heterocycles. The molecule has 1 amide bonds. The summed E-state index contributed by atoms with van der Waals surface area (Å²) in [6.45, 7) is 0. The molecule has 1 heterocycles. The van der Waals surface area contributed by atoms with Crippen LogP contribution >= 0.6 is 11.6 Å². The molecule has 2 aromatic carbocycles. The number of rotatable bonds is 3. The van der Waals surface area contributed by atoms with Crippen LogP contribution in [0.3, 0.4) is 0 Å². The van der Waals surface area contributed by atoms with Gasteiger partial charge in [0.1, 0.15) is 0 Å². The second-order valence-electron chi connectivity index (χ2n) is 4.58. The Balaban J connectivity index is 1.90. The van der Waals surface area contributed by atoms with Crippen LogP contribution in [0.1, 0.15) is 10.4 Å². The van der Waals surface area contributed by atoms with Crippen molar-refractivity contribution >= 4 is 17.5 Å². The molecule has 0 saturated carbocycles.